The van der Waals surface area contributed by atoms with Gasteiger partial charge in [0.15, 0.2) is 0 Å². The first-order chi connectivity index (χ1) is 4.55. The van der Waals surface area contributed by atoms with Gasteiger partial charge in [0, 0.05) is 12.1 Å². The number of hydrogen-bond donors (Lipinski definition) is 2. The Balaban J connectivity index is 2.49. The molecule has 1 aliphatic rings. The highest BCUT2D eigenvalue weighted by Crippen LogP contribution is 2.36. The molecule has 2 atom stereocenters. The van der Waals surface area contributed by atoms with E-state index in [2.05, 4.69) is 20.8 Å². The molecule has 0 amide bonds. The minimum atomic E-state index is 0.343. The van der Waals surface area contributed by atoms with Gasteiger partial charge in [-0.2, -0.15) is 0 Å². The summed E-state index contributed by atoms with van der Waals surface area (Å²) >= 11 is 0. The maximum Gasteiger partial charge on any atom is 0.0125 e. The SMILES string of the molecule is CC(C)C1C(N)C(C)C1N. The maximum atomic E-state index is 5.88. The third-order valence-corrected chi connectivity index (χ3v) is 2.87. The van der Waals surface area contributed by atoms with Gasteiger partial charge < -0.3 is 11.5 Å². The zero-order valence-electron chi connectivity index (χ0n) is 7.04. The number of hydrogen-bond acceptors (Lipinski definition) is 2. The molecule has 4 N–H and O–H groups in total. The summed E-state index contributed by atoms with van der Waals surface area (Å²) in [5.41, 5.74) is 11.8. The second-order valence-corrected chi connectivity index (χ2v) is 3.84. The van der Waals surface area contributed by atoms with Crippen molar-refractivity contribution in [2.75, 3.05) is 0 Å². The Kier molecular flexibility index (Phi) is 2.02. The zero-order chi connectivity index (χ0) is 7.89. The van der Waals surface area contributed by atoms with Crippen molar-refractivity contribution in [3.63, 3.8) is 0 Å². The lowest BCUT2D eigenvalue weighted by molar-refractivity contribution is 0.0761. The van der Waals surface area contributed by atoms with E-state index < -0.39 is 0 Å². The van der Waals surface area contributed by atoms with Crippen molar-refractivity contribution in [1.29, 1.82) is 0 Å². The summed E-state index contributed by atoms with van der Waals surface area (Å²) in [5, 5.41) is 0. The van der Waals surface area contributed by atoms with Gasteiger partial charge in [-0.3, -0.25) is 0 Å². The Morgan fingerprint density at radius 3 is 1.70 bits per heavy atom. The van der Waals surface area contributed by atoms with Gasteiger partial charge in [0.2, 0.25) is 0 Å². The number of nitrogens with two attached hydrogens (primary N) is 2. The zero-order valence-corrected chi connectivity index (χ0v) is 7.04. The van der Waals surface area contributed by atoms with Crippen LogP contribution in [0.3, 0.4) is 0 Å². The fraction of sp³-hybridized carbons (Fsp3) is 1.00. The molecule has 0 saturated heterocycles. The molecule has 1 rings (SSSR count). The summed E-state index contributed by atoms with van der Waals surface area (Å²) in [6.45, 7) is 6.51. The lowest BCUT2D eigenvalue weighted by Gasteiger charge is -2.49. The summed E-state index contributed by atoms with van der Waals surface area (Å²) in [6, 6.07) is 0.685. The molecule has 0 aromatic heterocycles. The number of rotatable bonds is 1. The van der Waals surface area contributed by atoms with Crippen LogP contribution in [0.15, 0.2) is 0 Å². The average Bonchev–Trinajstić information content (AvgIpc) is 1.87. The minimum absolute atomic E-state index is 0.343. The second kappa shape index (κ2) is 2.51. The standard InChI is InChI=1S/C8H18N2/c1-4(2)6-7(9)5(3)8(6)10/h4-8H,9-10H2,1-3H3. The third kappa shape index (κ3) is 0.956. The smallest absolute Gasteiger partial charge is 0.0125 e. The average molecular weight is 142 g/mol. The second-order valence-electron chi connectivity index (χ2n) is 3.84. The first kappa shape index (κ1) is 8.02. The Morgan fingerprint density at radius 1 is 1.10 bits per heavy atom. The fourth-order valence-corrected chi connectivity index (χ4v) is 1.96. The molecule has 10 heavy (non-hydrogen) atoms. The fourth-order valence-electron chi connectivity index (χ4n) is 1.96. The molecule has 0 radical (unpaired) electrons. The summed E-state index contributed by atoms with van der Waals surface area (Å²) in [7, 11) is 0. The van der Waals surface area contributed by atoms with Crippen molar-refractivity contribution in [3.8, 4) is 0 Å². The Hall–Kier alpha value is -0.0800. The predicted octanol–water partition coefficient (Wildman–Crippen LogP) is 0.563. The van der Waals surface area contributed by atoms with Crippen LogP contribution < -0.4 is 11.5 Å². The van der Waals surface area contributed by atoms with Crippen molar-refractivity contribution >= 4 is 0 Å². The first-order valence-corrected chi connectivity index (χ1v) is 4.07. The maximum absolute atomic E-state index is 5.88. The molecule has 2 heteroatoms. The van der Waals surface area contributed by atoms with Crippen LogP contribution in [-0.4, -0.2) is 12.1 Å². The van der Waals surface area contributed by atoms with E-state index in [1.165, 1.54) is 0 Å². The van der Waals surface area contributed by atoms with Crippen LogP contribution >= 0.6 is 0 Å². The summed E-state index contributed by atoms with van der Waals surface area (Å²) in [5.74, 6) is 1.71. The van der Waals surface area contributed by atoms with Gasteiger partial charge in [-0.15, -0.1) is 0 Å². The van der Waals surface area contributed by atoms with Crippen molar-refractivity contribution in [1.82, 2.24) is 0 Å². The molecule has 1 fully saturated rings. The third-order valence-electron chi connectivity index (χ3n) is 2.87. The Bertz CT molecular complexity index is 112. The Morgan fingerprint density at radius 2 is 1.50 bits per heavy atom. The molecule has 0 heterocycles. The van der Waals surface area contributed by atoms with E-state index in [9.17, 15) is 0 Å². The first-order valence-electron chi connectivity index (χ1n) is 4.07. The van der Waals surface area contributed by atoms with Gasteiger partial charge in [0.25, 0.3) is 0 Å². The largest absolute Gasteiger partial charge is 0.327 e. The molecule has 0 aliphatic heterocycles. The quantitative estimate of drug-likeness (QED) is 0.562. The van der Waals surface area contributed by atoms with Gasteiger partial charge in [-0.05, 0) is 17.8 Å². The molecule has 2 nitrogen and oxygen atoms in total. The van der Waals surface area contributed by atoms with Gasteiger partial charge in [-0.25, -0.2) is 0 Å². The van der Waals surface area contributed by atoms with Crippen molar-refractivity contribution in [2.45, 2.75) is 32.9 Å². The highest BCUT2D eigenvalue weighted by Gasteiger charge is 2.44. The lowest BCUT2D eigenvalue weighted by atomic mass is 9.62. The normalized spacial score (nSPS) is 47.4. The van der Waals surface area contributed by atoms with Crippen molar-refractivity contribution in [2.24, 2.45) is 29.2 Å². The van der Waals surface area contributed by atoms with Crippen LogP contribution in [0.5, 0.6) is 0 Å². The molecule has 2 unspecified atom stereocenters. The molecule has 0 aromatic rings. The highest BCUT2D eigenvalue weighted by molar-refractivity contribution is 5.01. The highest BCUT2D eigenvalue weighted by atomic mass is 14.9. The Labute approximate surface area is 63.0 Å². The topological polar surface area (TPSA) is 52.0 Å². The molecular formula is C8H18N2. The van der Waals surface area contributed by atoms with Gasteiger partial charge >= 0.3 is 0 Å². The van der Waals surface area contributed by atoms with Gasteiger partial charge in [0.05, 0.1) is 0 Å². The minimum Gasteiger partial charge on any atom is -0.327 e. The molecular weight excluding hydrogens is 124 g/mol. The summed E-state index contributed by atoms with van der Waals surface area (Å²) < 4.78 is 0. The van der Waals surface area contributed by atoms with E-state index in [4.69, 9.17) is 11.5 Å². The van der Waals surface area contributed by atoms with E-state index >= 15 is 0 Å². The van der Waals surface area contributed by atoms with Crippen LogP contribution in [0.1, 0.15) is 20.8 Å². The summed E-state index contributed by atoms with van der Waals surface area (Å²) in [6.07, 6.45) is 0. The molecule has 60 valence electrons. The van der Waals surface area contributed by atoms with Crippen LogP contribution in [0, 0.1) is 17.8 Å². The van der Waals surface area contributed by atoms with Crippen molar-refractivity contribution in [3.05, 3.63) is 0 Å². The lowest BCUT2D eigenvalue weighted by Crippen LogP contribution is -2.64. The van der Waals surface area contributed by atoms with Crippen LogP contribution in [-0.2, 0) is 0 Å². The van der Waals surface area contributed by atoms with Crippen LogP contribution in [0.2, 0.25) is 0 Å². The van der Waals surface area contributed by atoms with Crippen LogP contribution in [0.25, 0.3) is 0 Å². The molecule has 0 aromatic carbocycles. The molecule has 0 spiro atoms. The van der Waals surface area contributed by atoms with Crippen LogP contribution in [0.4, 0.5) is 0 Å². The molecule has 1 aliphatic carbocycles. The monoisotopic (exact) mass is 142 g/mol. The van der Waals surface area contributed by atoms with E-state index in [1.54, 1.807) is 0 Å². The van der Waals surface area contributed by atoms with Crippen molar-refractivity contribution < 1.29 is 0 Å². The summed E-state index contributed by atoms with van der Waals surface area (Å²) in [4.78, 5) is 0. The van der Waals surface area contributed by atoms with E-state index in [-0.39, 0.29) is 0 Å². The van der Waals surface area contributed by atoms with E-state index in [1.807, 2.05) is 0 Å². The van der Waals surface area contributed by atoms with Gasteiger partial charge in [-0.1, -0.05) is 20.8 Å². The predicted molar refractivity (Wildman–Crippen MR) is 43.4 cm³/mol. The van der Waals surface area contributed by atoms with E-state index in [0.29, 0.717) is 29.8 Å². The molecule has 0 bridgehead atoms. The van der Waals surface area contributed by atoms with E-state index in [0.717, 1.165) is 0 Å². The van der Waals surface area contributed by atoms with Gasteiger partial charge in [0.1, 0.15) is 0 Å². The molecule has 1 saturated carbocycles.